The molecule has 1 fully saturated rings. The fourth-order valence-electron chi connectivity index (χ4n) is 3.47. The van der Waals surface area contributed by atoms with Crippen LogP contribution >= 0.6 is 15.9 Å². The van der Waals surface area contributed by atoms with Gasteiger partial charge in [-0.15, -0.1) is 0 Å². The molecule has 0 aromatic heterocycles. The number of carbonyl (C=O) groups is 1. The van der Waals surface area contributed by atoms with Gasteiger partial charge in [0.15, 0.2) is 0 Å². The zero-order valence-electron chi connectivity index (χ0n) is 11.6. The van der Waals surface area contributed by atoms with Gasteiger partial charge < -0.3 is 11.1 Å². The van der Waals surface area contributed by atoms with Gasteiger partial charge in [-0.05, 0) is 42.9 Å². The normalized spacial score (nSPS) is 24.2. The summed E-state index contributed by atoms with van der Waals surface area (Å²) in [5, 5.41) is 3.19. The number of fused-ring (bicyclic) bond motifs is 1. The van der Waals surface area contributed by atoms with Crippen molar-refractivity contribution in [2.24, 2.45) is 5.73 Å². The smallest absolute Gasteiger partial charge is 0.240 e. The van der Waals surface area contributed by atoms with Crippen molar-refractivity contribution in [3.05, 3.63) is 33.8 Å². The quantitative estimate of drug-likeness (QED) is 0.871. The van der Waals surface area contributed by atoms with Gasteiger partial charge in [0.1, 0.15) is 0 Å². The molecule has 1 saturated carbocycles. The second-order valence-corrected chi connectivity index (χ2v) is 6.94. The predicted octanol–water partition coefficient (Wildman–Crippen LogP) is 3.21. The SMILES string of the molecule is NC1(C(=O)NC2CCc3c(Br)cccc32)CCCCC1. The Labute approximate surface area is 128 Å². The van der Waals surface area contributed by atoms with Crippen molar-refractivity contribution < 1.29 is 4.79 Å². The molecule has 0 bridgehead atoms. The van der Waals surface area contributed by atoms with Gasteiger partial charge in [0.2, 0.25) is 5.91 Å². The van der Waals surface area contributed by atoms with E-state index in [0.29, 0.717) is 0 Å². The van der Waals surface area contributed by atoms with E-state index in [4.69, 9.17) is 5.73 Å². The summed E-state index contributed by atoms with van der Waals surface area (Å²) < 4.78 is 1.15. The topological polar surface area (TPSA) is 55.1 Å². The van der Waals surface area contributed by atoms with E-state index in [1.54, 1.807) is 0 Å². The van der Waals surface area contributed by atoms with Crippen LogP contribution in [-0.2, 0) is 11.2 Å². The molecule has 0 spiro atoms. The van der Waals surface area contributed by atoms with Crippen molar-refractivity contribution in [1.29, 1.82) is 0 Å². The fraction of sp³-hybridized carbons (Fsp3) is 0.562. The molecule has 4 heteroatoms. The first kappa shape index (κ1) is 14.1. The minimum absolute atomic E-state index is 0.0371. The fourth-order valence-corrected chi connectivity index (χ4v) is 4.05. The van der Waals surface area contributed by atoms with Crippen LogP contribution in [0.1, 0.15) is 55.7 Å². The molecule has 1 unspecified atom stereocenters. The van der Waals surface area contributed by atoms with Crippen LogP contribution in [0.4, 0.5) is 0 Å². The Bertz CT molecular complexity index is 523. The van der Waals surface area contributed by atoms with Gasteiger partial charge in [0, 0.05) is 4.47 Å². The molecule has 0 heterocycles. The molecule has 3 N–H and O–H groups in total. The van der Waals surface area contributed by atoms with Gasteiger partial charge in [0.25, 0.3) is 0 Å². The van der Waals surface area contributed by atoms with Crippen molar-refractivity contribution in [2.75, 3.05) is 0 Å². The average molecular weight is 337 g/mol. The monoisotopic (exact) mass is 336 g/mol. The second kappa shape index (κ2) is 5.49. The van der Waals surface area contributed by atoms with E-state index < -0.39 is 5.54 Å². The van der Waals surface area contributed by atoms with Crippen LogP contribution in [0.25, 0.3) is 0 Å². The molecule has 20 heavy (non-hydrogen) atoms. The molecule has 0 saturated heterocycles. The van der Waals surface area contributed by atoms with Crippen LogP contribution in [0, 0.1) is 0 Å². The average Bonchev–Trinajstić information content (AvgIpc) is 2.84. The number of amides is 1. The maximum atomic E-state index is 12.5. The highest BCUT2D eigenvalue weighted by Gasteiger charge is 2.37. The molecule has 1 amide bonds. The first-order valence-electron chi connectivity index (χ1n) is 7.47. The molecule has 2 aliphatic rings. The van der Waals surface area contributed by atoms with Crippen LogP contribution < -0.4 is 11.1 Å². The summed E-state index contributed by atoms with van der Waals surface area (Å²) in [5.74, 6) is 0.0371. The molecule has 0 aliphatic heterocycles. The molecule has 1 aromatic rings. The van der Waals surface area contributed by atoms with Crippen molar-refractivity contribution in [2.45, 2.75) is 56.5 Å². The third-order valence-corrected chi connectivity index (χ3v) is 5.46. The summed E-state index contributed by atoms with van der Waals surface area (Å²) in [6.07, 6.45) is 6.95. The molecule has 108 valence electrons. The van der Waals surface area contributed by atoms with E-state index in [9.17, 15) is 4.79 Å². The highest BCUT2D eigenvalue weighted by molar-refractivity contribution is 9.10. The summed E-state index contributed by atoms with van der Waals surface area (Å²) in [7, 11) is 0. The number of benzene rings is 1. The number of nitrogens with one attached hydrogen (secondary N) is 1. The summed E-state index contributed by atoms with van der Waals surface area (Å²) in [6.45, 7) is 0. The lowest BCUT2D eigenvalue weighted by Crippen LogP contribution is -2.55. The van der Waals surface area contributed by atoms with E-state index in [0.717, 1.165) is 43.0 Å². The first-order valence-corrected chi connectivity index (χ1v) is 8.27. The van der Waals surface area contributed by atoms with Crippen LogP contribution in [0.5, 0.6) is 0 Å². The number of nitrogens with two attached hydrogens (primary N) is 1. The van der Waals surface area contributed by atoms with Crippen molar-refractivity contribution in [1.82, 2.24) is 5.32 Å². The lowest BCUT2D eigenvalue weighted by atomic mass is 9.81. The number of hydrogen-bond acceptors (Lipinski definition) is 2. The zero-order valence-corrected chi connectivity index (χ0v) is 13.2. The maximum absolute atomic E-state index is 12.5. The van der Waals surface area contributed by atoms with Gasteiger partial charge in [-0.25, -0.2) is 0 Å². The Morgan fingerprint density at radius 1 is 1.30 bits per heavy atom. The molecule has 0 radical (unpaired) electrons. The predicted molar refractivity (Wildman–Crippen MR) is 83.4 cm³/mol. The molecule has 2 aliphatic carbocycles. The number of carbonyl (C=O) groups excluding carboxylic acids is 1. The van der Waals surface area contributed by atoms with Gasteiger partial charge in [-0.1, -0.05) is 47.3 Å². The summed E-state index contributed by atoms with van der Waals surface area (Å²) in [4.78, 5) is 12.5. The highest BCUT2D eigenvalue weighted by Crippen LogP contribution is 2.36. The third kappa shape index (κ3) is 2.51. The maximum Gasteiger partial charge on any atom is 0.240 e. The number of rotatable bonds is 2. The number of hydrogen-bond donors (Lipinski definition) is 2. The molecule has 1 atom stereocenters. The molecular weight excluding hydrogens is 316 g/mol. The lowest BCUT2D eigenvalue weighted by Gasteiger charge is -2.33. The largest absolute Gasteiger partial charge is 0.348 e. The van der Waals surface area contributed by atoms with Crippen molar-refractivity contribution >= 4 is 21.8 Å². The van der Waals surface area contributed by atoms with Crippen LogP contribution in [-0.4, -0.2) is 11.4 Å². The highest BCUT2D eigenvalue weighted by atomic mass is 79.9. The third-order valence-electron chi connectivity index (χ3n) is 4.72. The van der Waals surface area contributed by atoms with Crippen molar-refractivity contribution in [3.63, 3.8) is 0 Å². The van der Waals surface area contributed by atoms with Crippen LogP contribution in [0.3, 0.4) is 0 Å². The van der Waals surface area contributed by atoms with E-state index in [1.165, 1.54) is 17.5 Å². The van der Waals surface area contributed by atoms with Gasteiger partial charge in [-0.2, -0.15) is 0 Å². The molecule has 3 nitrogen and oxygen atoms in total. The van der Waals surface area contributed by atoms with E-state index in [1.807, 2.05) is 6.07 Å². The minimum atomic E-state index is -0.646. The first-order chi connectivity index (χ1) is 9.60. The lowest BCUT2D eigenvalue weighted by molar-refractivity contribution is -0.128. The Morgan fingerprint density at radius 2 is 2.05 bits per heavy atom. The van der Waals surface area contributed by atoms with Crippen LogP contribution in [0.15, 0.2) is 22.7 Å². The standard InChI is InChI=1S/C16H21BrN2O/c17-13-6-4-5-12-11(13)7-8-14(12)19-15(20)16(18)9-2-1-3-10-16/h4-6,14H,1-3,7-10,18H2,(H,19,20). The summed E-state index contributed by atoms with van der Waals surface area (Å²) in [6, 6.07) is 6.33. The molecule has 3 rings (SSSR count). The Balaban J connectivity index is 1.74. The summed E-state index contributed by atoms with van der Waals surface area (Å²) in [5.41, 5.74) is 8.23. The summed E-state index contributed by atoms with van der Waals surface area (Å²) >= 11 is 3.59. The van der Waals surface area contributed by atoms with E-state index >= 15 is 0 Å². The van der Waals surface area contributed by atoms with Gasteiger partial charge in [0.05, 0.1) is 11.6 Å². The molecule has 1 aromatic carbocycles. The van der Waals surface area contributed by atoms with Crippen LogP contribution in [0.2, 0.25) is 0 Å². The Kier molecular flexibility index (Phi) is 3.87. The Morgan fingerprint density at radius 3 is 2.80 bits per heavy atom. The number of halogens is 1. The van der Waals surface area contributed by atoms with Crippen molar-refractivity contribution in [3.8, 4) is 0 Å². The van der Waals surface area contributed by atoms with E-state index in [2.05, 4.69) is 33.4 Å². The van der Waals surface area contributed by atoms with Gasteiger partial charge in [-0.3, -0.25) is 4.79 Å². The van der Waals surface area contributed by atoms with Gasteiger partial charge >= 0.3 is 0 Å². The molecular formula is C16H21BrN2O. The second-order valence-electron chi connectivity index (χ2n) is 6.09. The Hall–Kier alpha value is -0.870. The minimum Gasteiger partial charge on any atom is -0.348 e. The zero-order chi connectivity index (χ0) is 14.2. The van der Waals surface area contributed by atoms with E-state index in [-0.39, 0.29) is 11.9 Å².